The van der Waals surface area contributed by atoms with Crippen LogP contribution in [-0.4, -0.2) is 21.9 Å². The molecule has 0 radical (unpaired) electrons. The molecule has 170 valence electrons. The number of unbranched alkanes of at least 4 members (excludes halogenated alkanes) is 3. The molecule has 4 nitrogen and oxygen atoms in total. The summed E-state index contributed by atoms with van der Waals surface area (Å²) in [6.45, 7) is 10.1. The predicted molar refractivity (Wildman–Crippen MR) is 133 cm³/mol. The van der Waals surface area contributed by atoms with E-state index in [0.717, 1.165) is 35.9 Å². The summed E-state index contributed by atoms with van der Waals surface area (Å²) in [5.41, 5.74) is 8.43. The van der Waals surface area contributed by atoms with Crippen LogP contribution in [0.5, 0.6) is 0 Å². The molecule has 2 unspecified atom stereocenters. The third-order valence-electron chi connectivity index (χ3n) is 5.43. The van der Waals surface area contributed by atoms with Gasteiger partial charge in [-0.05, 0) is 62.6 Å². The van der Waals surface area contributed by atoms with Gasteiger partial charge in [0, 0.05) is 19.3 Å². The SMILES string of the molecule is CCCCCCC(CC)CN.CCN(c1ccccc1)c1ccc(C)c(S(=O)O)c1.[HH]. The van der Waals surface area contributed by atoms with Crippen molar-refractivity contribution in [1.29, 1.82) is 0 Å². The van der Waals surface area contributed by atoms with Gasteiger partial charge in [0.1, 0.15) is 0 Å². The fourth-order valence-corrected chi connectivity index (χ4v) is 3.98. The number of para-hydroxylation sites is 1. The first-order valence-electron chi connectivity index (χ1n) is 11.2. The van der Waals surface area contributed by atoms with Crippen molar-refractivity contribution in [2.24, 2.45) is 11.7 Å². The number of nitrogens with zero attached hydrogens (tertiary/aromatic N) is 1. The molecule has 30 heavy (non-hydrogen) atoms. The molecule has 0 saturated heterocycles. The summed E-state index contributed by atoms with van der Waals surface area (Å²) in [7, 11) is 0. The predicted octanol–water partition coefficient (Wildman–Crippen LogP) is 6.92. The van der Waals surface area contributed by atoms with Crippen LogP contribution in [-0.2, 0) is 11.1 Å². The van der Waals surface area contributed by atoms with E-state index in [-0.39, 0.29) is 1.43 Å². The third-order valence-corrected chi connectivity index (χ3v) is 6.25. The van der Waals surface area contributed by atoms with Gasteiger partial charge in [0.2, 0.25) is 0 Å². The first kappa shape index (κ1) is 26.3. The average molecular weight is 435 g/mol. The van der Waals surface area contributed by atoms with Crippen LogP contribution < -0.4 is 10.6 Å². The second-order valence-electron chi connectivity index (χ2n) is 7.64. The summed E-state index contributed by atoms with van der Waals surface area (Å²) in [6.07, 6.45) is 8.09. The summed E-state index contributed by atoms with van der Waals surface area (Å²) in [4.78, 5) is 2.57. The molecular formula is C25H42N2O2S. The number of nitrogens with two attached hydrogens (primary N) is 1. The van der Waals surface area contributed by atoms with Crippen LogP contribution in [0.1, 0.15) is 66.3 Å². The van der Waals surface area contributed by atoms with Gasteiger partial charge in [0.25, 0.3) is 0 Å². The van der Waals surface area contributed by atoms with Crippen molar-refractivity contribution >= 4 is 22.5 Å². The third kappa shape index (κ3) is 8.99. The number of benzene rings is 2. The lowest BCUT2D eigenvalue weighted by Crippen LogP contribution is -2.16. The lowest BCUT2D eigenvalue weighted by atomic mass is 9.99. The van der Waals surface area contributed by atoms with Crippen LogP contribution in [0.15, 0.2) is 53.4 Å². The van der Waals surface area contributed by atoms with Crippen LogP contribution in [0.4, 0.5) is 11.4 Å². The zero-order chi connectivity index (χ0) is 22.4. The summed E-state index contributed by atoms with van der Waals surface area (Å²) in [6, 6.07) is 15.6. The standard InChI is InChI=1S/C15H17NO2S.C10H23N.H2/c1-3-16(13-7-5-4-6-8-13)14-10-9-12(2)15(11-14)19(17)18;1-3-5-6-7-8-10(4-2)9-11;/h4-11H,3H2,1-2H3,(H,17,18);10H,3-9,11H2,1-2H3;1H. The Balaban J connectivity index is 0.000000650. The van der Waals surface area contributed by atoms with Gasteiger partial charge >= 0.3 is 0 Å². The molecule has 0 amide bonds. The molecule has 0 fully saturated rings. The minimum Gasteiger partial charge on any atom is -0.342 e. The molecular weight excluding hydrogens is 392 g/mol. The topological polar surface area (TPSA) is 66.6 Å². The second-order valence-corrected chi connectivity index (χ2v) is 8.58. The molecule has 0 bridgehead atoms. The van der Waals surface area contributed by atoms with E-state index in [1.165, 1.54) is 38.5 Å². The number of rotatable bonds is 11. The number of anilines is 2. The molecule has 0 heterocycles. The summed E-state index contributed by atoms with van der Waals surface area (Å²) >= 11 is -1.95. The first-order valence-corrected chi connectivity index (χ1v) is 12.3. The largest absolute Gasteiger partial charge is 0.342 e. The molecule has 0 aliphatic rings. The highest BCUT2D eigenvalue weighted by molar-refractivity contribution is 7.79. The first-order chi connectivity index (χ1) is 14.5. The highest BCUT2D eigenvalue weighted by Crippen LogP contribution is 2.27. The molecule has 2 atom stereocenters. The van der Waals surface area contributed by atoms with Gasteiger partial charge in [-0.15, -0.1) is 0 Å². The summed E-state index contributed by atoms with van der Waals surface area (Å²) < 4.78 is 20.6. The number of hydrogen-bond donors (Lipinski definition) is 2. The van der Waals surface area contributed by atoms with Crippen molar-refractivity contribution in [2.75, 3.05) is 18.0 Å². The van der Waals surface area contributed by atoms with Gasteiger partial charge in [-0.25, -0.2) is 4.21 Å². The average Bonchev–Trinajstić information content (AvgIpc) is 2.76. The van der Waals surface area contributed by atoms with Crippen LogP contribution in [0.2, 0.25) is 0 Å². The normalized spacial score (nSPS) is 12.6. The van der Waals surface area contributed by atoms with E-state index >= 15 is 0 Å². The van der Waals surface area contributed by atoms with Gasteiger partial charge in [-0.3, -0.25) is 0 Å². The van der Waals surface area contributed by atoms with Gasteiger partial charge < -0.3 is 15.2 Å². The fourth-order valence-electron chi connectivity index (χ4n) is 3.42. The molecule has 0 aromatic heterocycles. The van der Waals surface area contributed by atoms with E-state index < -0.39 is 11.1 Å². The van der Waals surface area contributed by atoms with E-state index in [9.17, 15) is 8.76 Å². The Morgan fingerprint density at radius 3 is 2.27 bits per heavy atom. The van der Waals surface area contributed by atoms with E-state index in [0.29, 0.717) is 4.90 Å². The van der Waals surface area contributed by atoms with Crippen molar-refractivity contribution in [3.05, 3.63) is 54.1 Å². The molecule has 0 saturated carbocycles. The van der Waals surface area contributed by atoms with Crippen LogP contribution >= 0.6 is 0 Å². The molecule has 0 spiro atoms. The van der Waals surface area contributed by atoms with Crippen LogP contribution in [0.25, 0.3) is 0 Å². The lowest BCUT2D eigenvalue weighted by Gasteiger charge is -2.24. The zero-order valence-corrected chi connectivity index (χ0v) is 20.0. The van der Waals surface area contributed by atoms with Crippen LogP contribution in [0, 0.1) is 12.8 Å². The lowest BCUT2D eigenvalue weighted by molar-refractivity contribution is 0.450. The van der Waals surface area contributed by atoms with Crippen molar-refractivity contribution in [3.63, 3.8) is 0 Å². The van der Waals surface area contributed by atoms with E-state index in [4.69, 9.17) is 5.73 Å². The summed E-state index contributed by atoms with van der Waals surface area (Å²) in [5, 5.41) is 0. The molecule has 2 aromatic carbocycles. The van der Waals surface area contributed by atoms with Gasteiger partial charge in [0.15, 0.2) is 11.1 Å². The van der Waals surface area contributed by atoms with Crippen LogP contribution in [0.3, 0.4) is 0 Å². The van der Waals surface area contributed by atoms with E-state index in [1.54, 1.807) is 6.07 Å². The smallest absolute Gasteiger partial charge is 0.186 e. The second kappa shape index (κ2) is 15.2. The summed E-state index contributed by atoms with van der Waals surface area (Å²) in [5.74, 6) is 0.784. The highest BCUT2D eigenvalue weighted by Gasteiger charge is 2.11. The van der Waals surface area contributed by atoms with Crippen molar-refractivity contribution in [2.45, 2.75) is 71.1 Å². The minimum atomic E-state index is -1.95. The molecule has 2 aromatic rings. The van der Waals surface area contributed by atoms with E-state index in [1.807, 2.05) is 49.4 Å². The number of hydrogen-bond acceptors (Lipinski definition) is 3. The van der Waals surface area contributed by atoms with Crippen molar-refractivity contribution in [1.82, 2.24) is 0 Å². The molecule has 0 aliphatic carbocycles. The van der Waals surface area contributed by atoms with Gasteiger partial charge in [-0.1, -0.05) is 70.2 Å². The Morgan fingerprint density at radius 1 is 1.03 bits per heavy atom. The fraction of sp³-hybridized carbons (Fsp3) is 0.520. The molecule has 3 N–H and O–H groups in total. The molecule has 5 heteroatoms. The maximum atomic E-state index is 11.3. The quantitative estimate of drug-likeness (QED) is 0.297. The molecule has 2 rings (SSSR count). The zero-order valence-electron chi connectivity index (χ0n) is 19.1. The van der Waals surface area contributed by atoms with E-state index in [2.05, 4.69) is 25.7 Å². The highest BCUT2D eigenvalue weighted by atomic mass is 32.2. The Morgan fingerprint density at radius 2 is 1.73 bits per heavy atom. The Hall–Kier alpha value is -1.69. The molecule has 0 aliphatic heterocycles. The Kier molecular flexibility index (Phi) is 13.3. The van der Waals surface area contributed by atoms with Crippen molar-refractivity contribution in [3.8, 4) is 0 Å². The maximum absolute atomic E-state index is 11.3. The van der Waals surface area contributed by atoms with Crippen molar-refractivity contribution < 1.29 is 10.2 Å². The van der Waals surface area contributed by atoms with Gasteiger partial charge in [-0.2, -0.15) is 0 Å². The number of aryl methyl sites for hydroxylation is 1. The Bertz CT molecular complexity index is 740. The monoisotopic (exact) mass is 434 g/mol. The minimum absolute atomic E-state index is 0. The Labute approximate surface area is 187 Å². The van der Waals surface area contributed by atoms with Gasteiger partial charge in [0.05, 0.1) is 4.90 Å². The maximum Gasteiger partial charge on any atom is 0.186 e.